The van der Waals surface area contributed by atoms with Gasteiger partial charge in [0.2, 0.25) is 0 Å². The molecular formula is C15H15F2N3O2S. The third-order valence-electron chi connectivity index (χ3n) is 3.14. The molecule has 1 heterocycles. The highest BCUT2D eigenvalue weighted by molar-refractivity contribution is 7.14. The number of aromatic nitrogens is 1. The van der Waals surface area contributed by atoms with E-state index >= 15 is 0 Å². The Morgan fingerprint density at radius 2 is 1.91 bits per heavy atom. The largest absolute Gasteiger partial charge is 0.348 e. The smallest absolute Gasteiger partial charge is 0.271 e. The van der Waals surface area contributed by atoms with Crippen molar-refractivity contribution in [1.82, 2.24) is 10.3 Å². The van der Waals surface area contributed by atoms with Gasteiger partial charge < -0.3 is 5.32 Å². The van der Waals surface area contributed by atoms with E-state index in [-0.39, 0.29) is 22.8 Å². The lowest BCUT2D eigenvalue weighted by atomic mass is 10.2. The summed E-state index contributed by atoms with van der Waals surface area (Å²) >= 11 is 0.998. The van der Waals surface area contributed by atoms with Crippen LogP contribution in [0.5, 0.6) is 0 Å². The average molecular weight is 339 g/mol. The molecule has 23 heavy (non-hydrogen) atoms. The van der Waals surface area contributed by atoms with E-state index in [4.69, 9.17) is 0 Å². The number of halogens is 2. The normalized spacial score (nSPS) is 11.8. The molecule has 8 heteroatoms. The minimum Gasteiger partial charge on any atom is -0.348 e. The van der Waals surface area contributed by atoms with E-state index in [1.807, 2.05) is 13.8 Å². The van der Waals surface area contributed by atoms with E-state index in [0.29, 0.717) is 0 Å². The van der Waals surface area contributed by atoms with Crippen molar-refractivity contribution in [2.24, 2.45) is 0 Å². The molecule has 0 aliphatic rings. The van der Waals surface area contributed by atoms with Crippen LogP contribution in [-0.2, 0) is 0 Å². The van der Waals surface area contributed by atoms with Crippen LogP contribution in [0.3, 0.4) is 0 Å². The molecular weight excluding hydrogens is 324 g/mol. The number of rotatable bonds is 5. The number of hydrogen-bond acceptors (Lipinski definition) is 4. The van der Waals surface area contributed by atoms with Crippen molar-refractivity contribution in [3.63, 3.8) is 0 Å². The average Bonchev–Trinajstić information content (AvgIpc) is 2.95. The van der Waals surface area contributed by atoms with Gasteiger partial charge in [0.05, 0.1) is 0 Å². The van der Waals surface area contributed by atoms with Crippen LogP contribution in [0.1, 0.15) is 41.1 Å². The summed E-state index contributed by atoms with van der Waals surface area (Å²) in [6.07, 6.45) is 0.770. The second-order valence-corrected chi connectivity index (χ2v) is 5.73. The van der Waals surface area contributed by atoms with Crippen LogP contribution in [0.4, 0.5) is 13.9 Å². The van der Waals surface area contributed by atoms with Gasteiger partial charge in [-0.15, -0.1) is 11.3 Å². The fourth-order valence-corrected chi connectivity index (χ4v) is 2.40. The van der Waals surface area contributed by atoms with Crippen LogP contribution in [0.2, 0.25) is 0 Å². The summed E-state index contributed by atoms with van der Waals surface area (Å²) in [6.45, 7) is 3.79. The summed E-state index contributed by atoms with van der Waals surface area (Å²) in [6, 6.07) is 3.15. The van der Waals surface area contributed by atoms with E-state index < -0.39 is 23.1 Å². The van der Waals surface area contributed by atoms with Gasteiger partial charge in [0.25, 0.3) is 11.8 Å². The van der Waals surface area contributed by atoms with Crippen LogP contribution < -0.4 is 10.6 Å². The maximum absolute atomic E-state index is 13.5. The Labute approximate surface area is 135 Å². The summed E-state index contributed by atoms with van der Waals surface area (Å²) < 4.78 is 27.1. The Morgan fingerprint density at radius 3 is 2.52 bits per heavy atom. The van der Waals surface area contributed by atoms with Crippen LogP contribution in [0.25, 0.3) is 0 Å². The van der Waals surface area contributed by atoms with Gasteiger partial charge in [0, 0.05) is 11.4 Å². The highest BCUT2D eigenvalue weighted by atomic mass is 32.1. The van der Waals surface area contributed by atoms with Gasteiger partial charge in [-0.25, -0.2) is 13.8 Å². The maximum atomic E-state index is 13.5. The van der Waals surface area contributed by atoms with Crippen molar-refractivity contribution in [2.75, 3.05) is 5.32 Å². The summed E-state index contributed by atoms with van der Waals surface area (Å²) in [7, 11) is 0. The molecule has 0 radical (unpaired) electrons. The molecule has 0 fully saturated rings. The molecule has 0 saturated heterocycles. The molecule has 0 aliphatic heterocycles. The van der Waals surface area contributed by atoms with Gasteiger partial charge >= 0.3 is 0 Å². The zero-order valence-electron chi connectivity index (χ0n) is 12.5. The number of hydrogen-bond donors (Lipinski definition) is 2. The second-order valence-electron chi connectivity index (χ2n) is 4.87. The van der Waals surface area contributed by atoms with Gasteiger partial charge in [-0.05, 0) is 25.5 Å². The Hall–Kier alpha value is -2.35. The first kappa shape index (κ1) is 17.0. The third-order valence-corrected chi connectivity index (χ3v) is 3.89. The number of nitrogens with zero attached hydrogens (tertiary/aromatic N) is 1. The van der Waals surface area contributed by atoms with Gasteiger partial charge in [0.15, 0.2) is 5.13 Å². The van der Waals surface area contributed by atoms with E-state index in [1.54, 1.807) is 0 Å². The summed E-state index contributed by atoms with van der Waals surface area (Å²) in [5.41, 5.74) is -0.548. The van der Waals surface area contributed by atoms with Crippen molar-refractivity contribution < 1.29 is 18.4 Å². The molecule has 2 amide bonds. The molecule has 0 spiro atoms. The van der Waals surface area contributed by atoms with Crippen LogP contribution in [0, 0.1) is 11.6 Å². The van der Waals surface area contributed by atoms with Gasteiger partial charge in [0.1, 0.15) is 22.9 Å². The van der Waals surface area contributed by atoms with E-state index in [0.717, 1.165) is 29.9 Å². The van der Waals surface area contributed by atoms with E-state index in [2.05, 4.69) is 15.6 Å². The number of carbonyl (C=O) groups is 2. The molecule has 1 aromatic carbocycles. The molecule has 0 unspecified atom stereocenters. The number of benzene rings is 1. The number of amides is 2. The molecule has 0 saturated carbocycles. The fraction of sp³-hybridized carbons (Fsp3) is 0.267. The summed E-state index contributed by atoms with van der Waals surface area (Å²) in [4.78, 5) is 27.8. The number of nitrogens with one attached hydrogen (secondary N) is 2. The quantitative estimate of drug-likeness (QED) is 0.879. The third kappa shape index (κ3) is 4.10. The van der Waals surface area contributed by atoms with Crippen molar-refractivity contribution in [3.05, 3.63) is 46.5 Å². The van der Waals surface area contributed by atoms with Gasteiger partial charge in [-0.1, -0.05) is 13.0 Å². The van der Waals surface area contributed by atoms with E-state index in [9.17, 15) is 18.4 Å². The summed E-state index contributed by atoms with van der Waals surface area (Å²) in [5, 5.41) is 6.58. The molecule has 0 aliphatic carbocycles. The first-order valence-electron chi connectivity index (χ1n) is 6.94. The fourth-order valence-electron chi connectivity index (χ4n) is 1.71. The zero-order valence-corrected chi connectivity index (χ0v) is 13.3. The topological polar surface area (TPSA) is 71.1 Å². The lowest BCUT2D eigenvalue weighted by Crippen LogP contribution is -2.32. The van der Waals surface area contributed by atoms with Crippen molar-refractivity contribution in [3.8, 4) is 0 Å². The minimum atomic E-state index is -0.964. The van der Waals surface area contributed by atoms with Crippen LogP contribution in [-0.4, -0.2) is 22.8 Å². The molecule has 5 nitrogen and oxygen atoms in total. The molecule has 2 rings (SSSR count). The standard InChI is InChI=1S/C15H15F2N3O2S/c1-3-8(2)18-13(21)11-7-23-15(19-11)20-14(22)12-9(16)5-4-6-10(12)17/h4-8H,3H2,1-2H3,(H,18,21)(H,19,20,22)/t8-/m1/s1. The molecule has 122 valence electrons. The van der Waals surface area contributed by atoms with Crippen LogP contribution in [0.15, 0.2) is 23.6 Å². The monoisotopic (exact) mass is 339 g/mol. The molecule has 1 aromatic heterocycles. The summed E-state index contributed by atoms with van der Waals surface area (Å²) in [5.74, 6) is -3.25. The SMILES string of the molecule is CC[C@@H](C)NC(=O)c1csc(NC(=O)c2c(F)cccc2F)n1. The highest BCUT2D eigenvalue weighted by Crippen LogP contribution is 2.19. The lowest BCUT2D eigenvalue weighted by molar-refractivity contribution is 0.0933. The van der Waals surface area contributed by atoms with Crippen molar-refractivity contribution >= 4 is 28.3 Å². The number of carbonyl (C=O) groups excluding carboxylic acids is 2. The number of anilines is 1. The molecule has 1 atom stereocenters. The maximum Gasteiger partial charge on any atom is 0.271 e. The molecule has 0 bridgehead atoms. The first-order chi connectivity index (χ1) is 10.9. The predicted molar refractivity (Wildman–Crippen MR) is 83.6 cm³/mol. The minimum absolute atomic E-state index is 0.00486. The van der Waals surface area contributed by atoms with Gasteiger partial charge in [-0.3, -0.25) is 14.9 Å². The molecule has 2 aromatic rings. The predicted octanol–water partition coefficient (Wildman–Crippen LogP) is 3.20. The van der Waals surface area contributed by atoms with Crippen LogP contribution >= 0.6 is 11.3 Å². The van der Waals surface area contributed by atoms with Crippen molar-refractivity contribution in [1.29, 1.82) is 0 Å². The molecule has 2 N–H and O–H groups in total. The van der Waals surface area contributed by atoms with Crippen molar-refractivity contribution in [2.45, 2.75) is 26.3 Å². The van der Waals surface area contributed by atoms with Gasteiger partial charge in [-0.2, -0.15) is 0 Å². The highest BCUT2D eigenvalue weighted by Gasteiger charge is 2.19. The lowest BCUT2D eigenvalue weighted by Gasteiger charge is -2.09. The first-order valence-corrected chi connectivity index (χ1v) is 7.82. The Kier molecular flexibility index (Phi) is 5.38. The number of thiazole rings is 1. The van der Waals surface area contributed by atoms with E-state index in [1.165, 1.54) is 11.4 Å². The second kappa shape index (κ2) is 7.28. The Balaban J connectivity index is 2.10. The Morgan fingerprint density at radius 1 is 1.26 bits per heavy atom. The zero-order chi connectivity index (χ0) is 17.0. The Bertz CT molecular complexity index is 713.